The zero-order valence-corrected chi connectivity index (χ0v) is 14.9. The van der Waals surface area contributed by atoms with Gasteiger partial charge < -0.3 is 5.73 Å². The van der Waals surface area contributed by atoms with Crippen molar-refractivity contribution in [1.82, 2.24) is 4.98 Å². The molecule has 0 spiro atoms. The molecule has 3 heterocycles. The van der Waals surface area contributed by atoms with Gasteiger partial charge in [0.15, 0.2) is 0 Å². The third-order valence-electron chi connectivity index (χ3n) is 3.72. The average molecular weight is 355 g/mol. The third-order valence-corrected chi connectivity index (χ3v) is 6.89. The largest absolute Gasteiger partial charge is 0.397 e. The van der Waals surface area contributed by atoms with Gasteiger partial charge in [-0.3, -0.25) is 0 Å². The Bertz CT molecular complexity index is 973. The Morgan fingerprint density at radius 2 is 1.96 bits per heavy atom. The van der Waals surface area contributed by atoms with Crippen LogP contribution in [0.25, 0.3) is 26.4 Å². The molecule has 0 radical (unpaired) electrons. The van der Waals surface area contributed by atoms with E-state index in [1.54, 1.807) is 34.0 Å². The summed E-state index contributed by atoms with van der Waals surface area (Å²) >= 11 is 5.08. The summed E-state index contributed by atoms with van der Waals surface area (Å²) in [5.74, 6) is 0. The Morgan fingerprint density at radius 3 is 2.70 bits per heavy atom. The highest BCUT2D eigenvalue weighted by Gasteiger charge is 2.20. The third kappa shape index (κ3) is 2.41. The fraction of sp³-hybridized carbons (Fsp3) is 0.0556. The summed E-state index contributed by atoms with van der Waals surface area (Å²) < 4.78 is 1.19. The molecule has 0 saturated heterocycles. The quantitative estimate of drug-likeness (QED) is 0.487. The van der Waals surface area contributed by atoms with Gasteiger partial charge in [-0.1, -0.05) is 24.8 Å². The summed E-state index contributed by atoms with van der Waals surface area (Å²) in [5.41, 5.74) is 10.4. The van der Waals surface area contributed by atoms with Crippen LogP contribution in [0.1, 0.15) is 14.6 Å². The first kappa shape index (κ1) is 14.6. The highest BCUT2D eigenvalue weighted by Crippen LogP contribution is 2.45. The van der Waals surface area contributed by atoms with Crippen molar-refractivity contribution in [2.45, 2.75) is 6.92 Å². The zero-order chi connectivity index (χ0) is 16.0. The zero-order valence-electron chi connectivity index (χ0n) is 12.5. The number of para-hydroxylation sites is 1. The van der Waals surface area contributed by atoms with Crippen molar-refractivity contribution in [3.8, 4) is 10.6 Å². The summed E-state index contributed by atoms with van der Waals surface area (Å²) in [6.45, 7) is 6.35. The average Bonchev–Trinajstić information content (AvgIpc) is 3.25. The number of anilines is 1. The Balaban J connectivity index is 1.85. The molecule has 0 aliphatic carbocycles. The number of nitrogens with two attached hydrogens (primary N) is 1. The number of benzene rings is 1. The predicted octanol–water partition coefficient (Wildman–Crippen LogP) is 6.04. The van der Waals surface area contributed by atoms with Crippen LogP contribution in [0.4, 0.5) is 5.69 Å². The van der Waals surface area contributed by atoms with Crippen LogP contribution in [-0.4, -0.2) is 4.98 Å². The minimum absolute atomic E-state index is 0.796. The Morgan fingerprint density at radius 1 is 1.13 bits per heavy atom. The summed E-state index contributed by atoms with van der Waals surface area (Å²) in [4.78, 5) is 8.16. The summed E-state index contributed by atoms with van der Waals surface area (Å²) in [7, 11) is 0. The number of rotatable bonds is 3. The van der Waals surface area contributed by atoms with Gasteiger partial charge in [0.05, 0.1) is 20.8 Å². The summed E-state index contributed by atoms with van der Waals surface area (Å²) in [5, 5.41) is 3.05. The second kappa shape index (κ2) is 5.60. The number of nitrogens with zero attached hydrogens (tertiary/aromatic N) is 1. The van der Waals surface area contributed by atoms with Crippen LogP contribution in [0.15, 0.2) is 48.4 Å². The standard InChI is InChI=1S/C18H14N2S3/c1-10(13-8-5-9-21-13)17-16(19)15(11(2)22-17)18-20-12-6-3-4-7-14(12)23-18/h3-9H,1,19H2,2H3. The number of fused-ring (bicyclic) bond motifs is 1. The minimum atomic E-state index is 0.796. The van der Waals surface area contributed by atoms with E-state index < -0.39 is 0 Å². The van der Waals surface area contributed by atoms with Crippen molar-refractivity contribution in [2.24, 2.45) is 0 Å². The topological polar surface area (TPSA) is 38.9 Å². The number of nitrogen functional groups attached to an aromatic ring is 1. The number of thiazole rings is 1. The normalized spacial score (nSPS) is 11.2. The van der Waals surface area contributed by atoms with Crippen molar-refractivity contribution in [1.29, 1.82) is 0 Å². The monoisotopic (exact) mass is 354 g/mol. The maximum Gasteiger partial charge on any atom is 0.127 e. The van der Waals surface area contributed by atoms with E-state index in [0.29, 0.717) is 0 Å². The van der Waals surface area contributed by atoms with Crippen LogP contribution in [0.2, 0.25) is 0 Å². The lowest BCUT2D eigenvalue weighted by Crippen LogP contribution is -1.91. The van der Waals surface area contributed by atoms with Crippen molar-refractivity contribution in [3.63, 3.8) is 0 Å². The molecule has 1 aromatic carbocycles. The van der Waals surface area contributed by atoms with Crippen molar-refractivity contribution < 1.29 is 0 Å². The highest BCUT2D eigenvalue weighted by atomic mass is 32.1. The van der Waals surface area contributed by atoms with E-state index in [1.807, 2.05) is 24.3 Å². The molecule has 0 saturated carbocycles. The van der Waals surface area contributed by atoms with Gasteiger partial charge in [0, 0.05) is 20.9 Å². The second-order valence-electron chi connectivity index (χ2n) is 5.22. The van der Waals surface area contributed by atoms with Crippen LogP contribution < -0.4 is 5.73 Å². The molecular formula is C18H14N2S3. The molecule has 0 aliphatic rings. The van der Waals surface area contributed by atoms with Gasteiger partial charge in [-0.25, -0.2) is 4.98 Å². The Hall–Kier alpha value is -1.95. The first-order valence-electron chi connectivity index (χ1n) is 7.13. The molecular weight excluding hydrogens is 340 g/mol. The number of aromatic nitrogens is 1. The SMILES string of the molecule is C=C(c1cccs1)c1sc(C)c(-c2nc3ccccc3s2)c1N. The van der Waals surface area contributed by atoms with Gasteiger partial charge in [-0.05, 0) is 30.5 Å². The maximum atomic E-state index is 6.49. The number of aryl methyl sites for hydroxylation is 1. The van der Waals surface area contributed by atoms with Crippen LogP contribution in [0.3, 0.4) is 0 Å². The van der Waals surface area contributed by atoms with Crippen LogP contribution in [0.5, 0.6) is 0 Å². The molecule has 2 N–H and O–H groups in total. The second-order valence-corrected chi connectivity index (χ2v) is 8.42. The lowest BCUT2D eigenvalue weighted by atomic mass is 10.1. The molecule has 0 unspecified atom stereocenters. The first-order chi connectivity index (χ1) is 11.1. The smallest absolute Gasteiger partial charge is 0.127 e. The van der Waals surface area contributed by atoms with E-state index in [1.165, 1.54) is 9.58 Å². The van der Waals surface area contributed by atoms with Crippen LogP contribution in [0, 0.1) is 6.92 Å². The molecule has 0 amide bonds. The van der Waals surface area contributed by atoms with E-state index in [-0.39, 0.29) is 0 Å². The molecule has 0 atom stereocenters. The van der Waals surface area contributed by atoms with Crippen LogP contribution in [-0.2, 0) is 0 Å². The number of thiophene rings is 2. The Kier molecular flexibility index (Phi) is 3.56. The van der Waals surface area contributed by atoms with E-state index in [0.717, 1.165) is 37.1 Å². The minimum Gasteiger partial charge on any atom is -0.397 e. The van der Waals surface area contributed by atoms with E-state index >= 15 is 0 Å². The van der Waals surface area contributed by atoms with Crippen molar-refractivity contribution in [3.05, 3.63) is 63.0 Å². The molecule has 0 aliphatic heterocycles. The van der Waals surface area contributed by atoms with E-state index in [2.05, 4.69) is 31.0 Å². The Labute approximate surface area is 146 Å². The lowest BCUT2D eigenvalue weighted by molar-refractivity contribution is 1.47. The molecule has 5 heteroatoms. The van der Waals surface area contributed by atoms with Gasteiger partial charge in [0.1, 0.15) is 5.01 Å². The molecule has 0 bridgehead atoms. The van der Waals surface area contributed by atoms with Gasteiger partial charge in [0.25, 0.3) is 0 Å². The molecule has 0 fully saturated rings. The number of hydrogen-bond acceptors (Lipinski definition) is 5. The highest BCUT2D eigenvalue weighted by molar-refractivity contribution is 7.22. The van der Waals surface area contributed by atoms with Gasteiger partial charge in [-0.15, -0.1) is 34.0 Å². The molecule has 4 aromatic rings. The fourth-order valence-corrected chi connectivity index (χ4v) is 5.57. The first-order valence-corrected chi connectivity index (χ1v) is 9.64. The van der Waals surface area contributed by atoms with Gasteiger partial charge >= 0.3 is 0 Å². The lowest BCUT2D eigenvalue weighted by Gasteiger charge is -2.02. The summed E-state index contributed by atoms with van der Waals surface area (Å²) in [6, 6.07) is 12.3. The van der Waals surface area contributed by atoms with Gasteiger partial charge in [0.2, 0.25) is 0 Å². The van der Waals surface area contributed by atoms with Crippen molar-refractivity contribution in [2.75, 3.05) is 5.73 Å². The van der Waals surface area contributed by atoms with E-state index in [9.17, 15) is 0 Å². The molecule has 4 rings (SSSR count). The predicted molar refractivity (Wildman–Crippen MR) is 105 cm³/mol. The van der Waals surface area contributed by atoms with Crippen molar-refractivity contribution >= 4 is 55.5 Å². The molecule has 114 valence electrons. The van der Waals surface area contributed by atoms with Gasteiger partial charge in [-0.2, -0.15) is 0 Å². The fourth-order valence-electron chi connectivity index (χ4n) is 2.59. The number of hydrogen-bond donors (Lipinski definition) is 1. The van der Waals surface area contributed by atoms with E-state index in [4.69, 9.17) is 10.7 Å². The maximum absolute atomic E-state index is 6.49. The molecule has 23 heavy (non-hydrogen) atoms. The van der Waals surface area contributed by atoms with Crippen LogP contribution >= 0.6 is 34.0 Å². The summed E-state index contributed by atoms with van der Waals surface area (Å²) in [6.07, 6.45) is 0. The molecule has 3 aromatic heterocycles. The molecule has 2 nitrogen and oxygen atoms in total.